The highest BCUT2D eigenvalue weighted by atomic mass is 19.1. The van der Waals surface area contributed by atoms with Crippen LogP contribution in [0, 0.1) is 31.3 Å². The van der Waals surface area contributed by atoms with E-state index < -0.39 is 27.5 Å². The second-order valence-corrected chi connectivity index (χ2v) is 43.1. The minimum Gasteiger partial charge on any atom is -0.378 e. The van der Waals surface area contributed by atoms with E-state index in [-0.39, 0.29) is 60.1 Å². The van der Waals surface area contributed by atoms with Gasteiger partial charge in [0.2, 0.25) is 11.8 Å². The maximum Gasteiger partial charge on any atom is 0.264 e. The summed E-state index contributed by atoms with van der Waals surface area (Å²) in [5.74, 6) is -0.290. The van der Waals surface area contributed by atoms with Gasteiger partial charge < -0.3 is 34.0 Å². The lowest BCUT2D eigenvalue weighted by molar-refractivity contribution is -0.174. The molecule has 150 heavy (non-hydrogen) atoms. The molecule has 28 rings (SSSR count). The standard InChI is InChI=1S/2C27H29FN4O.C26H27FN4O.2C21H19N3O2/c1-18-22(15-30(2)29-18)19-11-12-20(24(28)13-19)14-32-25-10-6-5-9-23(25)27(26(32)33)16-31(17-27)21-7-3-4-8-21;1-18-22(17-30(2)29-18)19-11-12-20(24(28)15-19)16-31-25-10-6-5-9-23(25)27(26(31)33)13-14-32(27)21-7-3-4-8-21;1-29-17-19(15-28-29)21-11-10-18(14-23(21)27)16-30-24-9-5-4-8-22(24)26(25(30)32)12-13-31(26)20-6-2-3-7-20;1-23-12-17(10-22-23)16-8-6-15(7-9-16)11-24-19-5-3-2-4-18(19)21(20(24)25)13-26-14-21;1-23-14-17(12-22-23)16-8-6-15(7-9-16)13-24-19-5-3-2-4-18(19)21(20(24)25)10-11-26-21/h5-6,9-13,15,21H,3-4,7-8,14,16-17H2,1-2H3;5-6,9-12,15,17,21H,3-4,7-8,13-14,16H2,1-2H3;4-5,8-11,14-15,17,20H,2-3,6-7,12-13,16H2,1H3;2-10,12H,11,13-14H2,1H3;2-9,12,14H,10-11,13H2,1H3. The van der Waals surface area contributed by atoms with Gasteiger partial charge in [-0.25, -0.2) is 13.2 Å². The van der Waals surface area contributed by atoms with E-state index in [0.29, 0.717) is 74.3 Å². The zero-order valence-corrected chi connectivity index (χ0v) is 85.8. The number of aryl methyl sites for hydroxylation is 7. The van der Waals surface area contributed by atoms with Crippen molar-refractivity contribution in [3.05, 3.63) is 359 Å². The molecule has 0 bridgehead atoms. The van der Waals surface area contributed by atoms with E-state index in [1.54, 1.807) is 65.0 Å². The van der Waals surface area contributed by atoms with Crippen molar-refractivity contribution >= 4 is 58.0 Å². The molecule has 3 atom stereocenters. The molecule has 3 unspecified atom stereocenters. The second kappa shape index (κ2) is 39.0. The molecule has 3 saturated carbocycles. The highest BCUT2D eigenvalue weighted by molar-refractivity contribution is 6.12. The second-order valence-electron chi connectivity index (χ2n) is 43.1. The van der Waals surface area contributed by atoms with Crippen molar-refractivity contribution in [1.29, 1.82) is 0 Å². The molecule has 5 amide bonds. The molecule has 0 N–H and O–H groups in total. The minimum absolute atomic E-state index is 0.0567. The van der Waals surface area contributed by atoms with Crippen LogP contribution in [-0.2, 0) is 129 Å². The van der Waals surface area contributed by atoms with Gasteiger partial charge >= 0.3 is 0 Å². The Morgan fingerprint density at radius 2 is 0.700 bits per heavy atom. The molecule has 15 aromatic rings. The van der Waals surface area contributed by atoms with Gasteiger partial charge in [-0.3, -0.25) is 62.1 Å². The van der Waals surface area contributed by atoms with Crippen LogP contribution >= 0.6 is 0 Å². The topological polar surface area (TPSA) is 219 Å². The molecule has 5 spiro atoms. The predicted molar refractivity (Wildman–Crippen MR) is 571 cm³/mol. The van der Waals surface area contributed by atoms with E-state index in [9.17, 15) is 28.4 Å². The summed E-state index contributed by atoms with van der Waals surface area (Å²) >= 11 is 0. The van der Waals surface area contributed by atoms with E-state index in [2.05, 4.69) is 113 Å². The number of amides is 5. The van der Waals surface area contributed by atoms with Gasteiger partial charge in [0.25, 0.3) is 17.7 Å². The number of aromatic nitrogens is 10. The van der Waals surface area contributed by atoms with Gasteiger partial charge in [0.1, 0.15) is 39.4 Å². The summed E-state index contributed by atoms with van der Waals surface area (Å²) in [4.78, 5) is 84.3. The number of fused-ring (bicyclic) bond motifs is 10. The number of anilines is 5. The summed E-state index contributed by atoms with van der Waals surface area (Å²) < 4.78 is 65.3. The first kappa shape index (κ1) is 97.3. The van der Waals surface area contributed by atoms with Crippen LogP contribution in [0.15, 0.2) is 274 Å². The number of rotatable bonds is 18. The van der Waals surface area contributed by atoms with Crippen molar-refractivity contribution in [2.45, 2.75) is 189 Å². The average molecular weight is 2010 g/mol. The van der Waals surface area contributed by atoms with Crippen molar-refractivity contribution in [3.63, 3.8) is 0 Å². The fraction of sp³-hybridized carbons (Fsp3) is 0.344. The molecule has 15 heterocycles. The Hall–Kier alpha value is -14.8. The third-order valence-corrected chi connectivity index (χ3v) is 34.1. The van der Waals surface area contributed by atoms with Gasteiger partial charge in [-0.1, -0.05) is 214 Å². The quantitative estimate of drug-likeness (QED) is 0.0780. The molecule has 0 radical (unpaired) electrons. The summed E-state index contributed by atoms with van der Waals surface area (Å²) in [5, 5.41) is 21.3. The highest BCUT2D eigenvalue weighted by Gasteiger charge is 2.65. The average Bonchev–Trinajstić information content (AvgIpc) is 1.54. The van der Waals surface area contributed by atoms with E-state index >= 15 is 8.78 Å². The molecule has 764 valence electrons. The van der Waals surface area contributed by atoms with Gasteiger partial charge in [-0.2, -0.15) is 25.5 Å². The van der Waals surface area contributed by atoms with E-state index in [1.807, 2.05) is 233 Å². The largest absolute Gasteiger partial charge is 0.378 e. The van der Waals surface area contributed by atoms with Crippen LogP contribution in [0.4, 0.5) is 41.6 Å². The molecule has 25 nitrogen and oxygen atoms in total. The number of halogens is 3. The third-order valence-electron chi connectivity index (χ3n) is 34.1. The van der Waals surface area contributed by atoms with Crippen molar-refractivity contribution in [2.75, 3.05) is 70.5 Å². The predicted octanol–water partition coefficient (Wildman–Crippen LogP) is 20.3. The Morgan fingerprint density at radius 1 is 0.333 bits per heavy atom. The lowest BCUT2D eigenvalue weighted by atomic mass is 9.73. The monoisotopic (exact) mass is 2010 g/mol. The number of benzene rings is 10. The van der Waals surface area contributed by atoms with Crippen LogP contribution in [0.25, 0.3) is 55.6 Å². The number of carbonyl (C=O) groups is 5. The molecular weight excluding hydrogens is 1890 g/mol. The first-order valence-corrected chi connectivity index (χ1v) is 53.0. The molecule has 3 aliphatic carbocycles. The smallest absolute Gasteiger partial charge is 0.264 e. The summed E-state index contributed by atoms with van der Waals surface area (Å²) in [7, 11) is 9.36. The fourth-order valence-electron chi connectivity index (χ4n) is 26.2. The van der Waals surface area contributed by atoms with Crippen LogP contribution < -0.4 is 24.5 Å². The van der Waals surface area contributed by atoms with E-state index in [0.717, 1.165) is 180 Å². The van der Waals surface area contributed by atoms with Crippen LogP contribution in [0.2, 0.25) is 0 Å². The maximum absolute atomic E-state index is 15.3. The van der Waals surface area contributed by atoms with Gasteiger partial charge in [0.15, 0.2) is 5.60 Å². The van der Waals surface area contributed by atoms with Crippen LogP contribution in [0.5, 0.6) is 0 Å². The third kappa shape index (κ3) is 16.7. The lowest BCUT2D eigenvalue weighted by Gasteiger charge is -2.52. The summed E-state index contributed by atoms with van der Waals surface area (Å²) in [6, 6.07) is 74.5. The number of likely N-dealkylation sites (tertiary alicyclic amines) is 3. The molecule has 10 aliphatic heterocycles. The van der Waals surface area contributed by atoms with Crippen LogP contribution in [0.1, 0.15) is 163 Å². The normalized spacial score (nSPS) is 21.1. The summed E-state index contributed by atoms with van der Waals surface area (Å²) in [6.45, 7) is 11.0. The Morgan fingerprint density at radius 3 is 1.09 bits per heavy atom. The van der Waals surface area contributed by atoms with Crippen molar-refractivity contribution in [1.82, 2.24) is 63.6 Å². The first-order chi connectivity index (χ1) is 72.9. The summed E-state index contributed by atoms with van der Waals surface area (Å²) in [5.41, 5.74) is 22.4. The molecule has 28 heteroatoms. The molecule has 5 saturated heterocycles. The fourth-order valence-corrected chi connectivity index (χ4v) is 26.2. The number of para-hydroxylation sites is 5. The van der Waals surface area contributed by atoms with Gasteiger partial charge in [0.05, 0.1) is 88.2 Å². The lowest BCUT2D eigenvalue weighted by Crippen LogP contribution is -2.65. The van der Waals surface area contributed by atoms with Crippen LogP contribution in [0.3, 0.4) is 0 Å². The molecule has 5 aromatic heterocycles. The molecular formula is C122H123F3N18O7. The zero-order valence-electron chi connectivity index (χ0n) is 85.8. The highest BCUT2D eigenvalue weighted by Crippen LogP contribution is 2.58. The number of hydrogen-bond donors (Lipinski definition) is 0. The van der Waals surface area contributed by atoms with Gasteiger partial charge in [-0.15, -0.1) is 0 Å². The van der Waals surface area contributed by atoms with E-state index in [1.165, 1.54) is 77.0 Å². The van der Waals surface area contributed by atoms with Crippen molar-refractivity contribution in [2.24, 2.45) is 35.2 Å². The number of ether oxygens (including phenoxy) is 2. The Balaban J connectivity index is 0.000000100. The van der Waals surface area contributed by atoms with Gasteiger partial charge in [-0.05, 0) is 164 Å². The first-order valence-electron chi connectivity index (χ1n) is 53.0. The minimum atomic E-state index is -0.744. The number of carbonyl (C=O) groups excluding carboxylic acids is 5. The Bertz CT molecular complexity index is 7580. The molecule has 10 aromatic carbocycles. The molecule has 8 fully saturated rings. The maximum atomic E-state index is 15.3. The van der Waals surface area contributed by atoms with Gasteiger partial charge in [0, 0.05) is 201 Å². The summed E-state index contributed by atoms with van der Waals surface area (Å²) in [6.07, 6.45) is 32.2. The Kier molecular flexibility index (Phi) is 25.3. The zero-order chi connectivity index (χ0) is 103. The molecule has 13 aliphatic rings. The number of nitrogens with zero attached hydrogens (tertiary/aromatic N) is 18. The van der Waals surface area contributed by atoms with E-state index in [4.69, 9.17) is 9.47 Å². The Labute approximate surface area is 871 Å². The number of hydrogen-bond acceptors (Lipinski definition) is 15. The SMILES string of the molecule is Cc1nn(C)cc1-c1ccc(CN2C(=O)C3(CCN3C3CCCC3)c3ccccc32)c(F)c1.Cc1nn(C)cc1-c1ccc(CN2C(=O)C3(CN(C4CCCC4)C3)c3ccccc32)c(F)c1.Cn1cc(-c2ccc(CN3C(=O)C4(CCN4C4CCCC4)c4ccccc43)cc2F)cn1.Cn1cc(-c2ccc(CN3C(=O)C4(CCO4)c4ccccc43)cc2)cn1.Cn1cc(-c2ccc(CN3C(=O)C4(COC4)c4ccccc43)cc2)cn1. The van der Waals surface area contributed by atoms with Crippen molar-refractivity contribution < 1.29 is 46.6 Å². The van der Waals surface area contributed by atoms with Crippen LogP contribution in [-0.4, -0.2) is 157 Å². The van der Waals surface area contributed by atoms with Crippen molar-refractivity contribution in [3.8, 4) is 55.6 Å².